The quantitative estimate of drug-likeness (QED) is 0.552. The molecule has 1 aromatic carbocycles. The molecular formula is C20H30N4O2. The van der Waals surface area contributed by atoms with E-state index in [9.17, 15) is 4.79 Å². The Morgan fingerprint density at radius 3 is 2.73 bits per heavy atom. The smallest absolute Gasteiger partial charge is 0.241 e. The maximum atomic E-state index is 12.2. The summed E-state index contributed by atoms with van der Waals surface area (Å²) >= 11 is 0. The Bertz CT molecular complexity index is 622. The minimum atomic E-state index is 0.140. The van der Waals surface area contributed by atoms with Crippen molar-refractivity contribution in [3.05, 3.63) is 29.8 Å². The molecule has 1 saturated carbocycles. The maximum absolute atomic E-state index is 12.2. The van der Waals surface area contributed by atoms with Crippen molar-refractivity contribution in [1.29, 1.82) is 0 Å². The lowest BCUT2D eigenvalue weighted by Gasteiger charge is -2.17. The highest BCUT2D eigenvalue weighted by molar-refractivity contribution is 5.86. The van der Waals surface area contributed by atoms with E-state index in [4.69, 9.17) is 4.74 Å². The first kappa shape index (κ1) is 18.5. The summed E-state index contributed by atoms with van der Waals surface area (Å²) in [6.45, 7) is 6.12. The number of hydrogen-bond donors (Lipinski definition) is 2. The molecule has 26 heavy (non-hydrogen) atoms. The number of rotatable bonds is 8. The van der Waals surface area contributed by atoms with Crippen molar-refractivity contribution in [2.24, 2.45) is 10.9 Å². The number of carbonyl (C=O) groups is 1. The minimum absolute atomic E-state index is 0.140. The summed E-state index contributed by atoms with van der Waals surface area (Å²) in [5.41, 5.74) is 1.07. The maximum Gasteiger partial charge on any atom is 0.241 e. The van der Waals surface area contributed by atoms with Crippen LogP contribution in [-0.2, 0) is 11.3 Å². The lowest BCUT2D eigenvalue weighted by atomic mass is 10.2. The Hall–Kier alpha value is -2.24. The van der Waals surface area contributed by atoms with E-state index < -0.39 is 0 Å². The number of guanidine groups is 1. The predicted octanol–water partition coefficient (Wildman–Crippen LogP) is 2.15. The molecule has 142 valence electrons. The number of amides is 1. The van der Waals surface area contributed by atoms with Crippen LogP contribution in [0.5, 0.6) is 5.75 Å². The van der Waals surface area contributed by atoms with Gasteiger partial charge in [-0.3, -0.25) is 4.79 Å². The van der Waals surface area contributed by atoms with Crippen LogP contribution in [0.3, 0.4) is 0 Å². The van der Waals surface area contributed by atoms with Crippen LogP contribution in [0.25, 0.3) is 0 Å². The van der Waals surface area contributed by atoms with E-state index in [0.29, 0.717) is 12.5 Å². The Morgan fingerprint density at radius 1 is 1.23 bits per heavy atom. The monoisotopic (exact) mass is 358 g/mol. The number of carbonyl (C=O) groups excluding carboxylic acids is 1. The summed E-state index contributed by atoms with van der Waals surface area (Å²) in [5.74, 6) is 2.44. The highest BCUT2D eigenvalue weighted by Gasteiger charge is 2.22. The van der Waals surface area contributed by atoms with Crippen LogP contribution >= 0.6 is 0 Å². The first-order chi connectivity index (χ1) is 12.8. The molecule has 6 nitrogen and oxygen atoms in total. The molecule has 2 aliphatic rings. The van der Waals surface area contributed by atoms with Gasteiger partial charge in [-0.05, 0) is 44.6 Å². The van der Waals surface area contributed by atoms with Gasteiger partial charge >= 0.3 is 0 Å². The van der Waals surface area contributed by atoms with E-state index in [-0.39, 0.29) is 12.5 Å². The largest absolute Gasteiger partial charge is 0.493 e. The molecule has 0 atom stereocenters. The van der Waals surface area contributed by atoms with E-state index in [1.165, 1.54) is 12.8 Å². The zero-order valence-corrected chi connectivity index (χ0v) is 15.7. The fourth-order valence-corrected chi connectivity index (χ4v) is 3.01. The second-order valence-electron chi connectivity index (χ2n) is 7.00. The van der Waals surface area contributed by atoms with Crippen molar-refractivity contribution in [1.82, 2.24) is 15.5 Å². The van der Waals surface area contributed by atoms with Gasteiger partial charge in [0.25, 0.3) is 0 Å². The van der Waals surface area contributed by atoms with Crippen molar-refractivity contribution in [3.63, 3.8) is 0 Å². The van der Waals surface area contributed by atoms with Crippen LogP contribution in [-0.4, -0.2) is 49.6 Å². The second-order valence-corrected chi connectivity index (χ2v) is 7.00. The standard InChI is InChI=1S/C20H30N4O2/c1-2-21-20(23-14-19(25)24-11-5-6-12-24)22-13-17-7-3-4-8-18(17)26-15-16-9-10-16/h3-4,7-8,16H,2,5-6,9-15H2,1H3,(H2,21,22,23). The van der Waals surface area contributed by atoms with Crippen molar-refractivity contribution in [2.45, 2.75) is 39.2 Å². The van der Waals surface area contributed by atoms with Crippen LogP contribution < -0.4 is 15.4 Å². The van der Waals surface area contributed by atoms with E-state index >= 15 is 0 Å². The molecule has 0 spiro atoms. The molecule has 0 aromatic heterocycles. The molecule has 0 bridgehead atoms. The van der Waals surface area contributed by atoms with Crippen molar-refractivity contribution in [3.8, 4) is 5.75 Å². The molecule has 1 saturated heterocycles. The van der Waals surface area contributed by atoms with Gasteiger partial charge in [0.15, 0.2) is 5.96 Å². The number of para-hydroxylation sites is 1. The van der Waals surface area contributed by atoms with E-state index in [1.54, 1.807) is 0 Å². The number of hydrogen-bond acceptors (Lipinski definition) is 3. The Morgan fingerprint density at radius 2 is 2.00 bits per heavy atom. The summed E-state index contributed by atoms with van der Waals surface area (Å²) in [7, 11) is 0. The summed E-state index contributed by atoms with van der Waals surface area (Å²) in [4.78, 5) is 18.7. The SMILES string of the molecule is CCNC(=NCc1ccccc1OCC1CC1)NCC(=O)N1CCCC1. The van der Waals surface area contributed by atoms with E-state index in [1.807, 2.05) is 36.1 Å². The fraction of sp³-hybridized carbons (Fsp3) is 0.600. The molecular weight excluding hydrogens is 328 g/mol. The topological polar surface area (TPSA) is 66.0 Å². The summed E-state index contributed by atoms with van der Waals surface area (Å²) in [5, 5.41) is 6.36. The zero-order chi connectivity index (χ0) is 18.2. The van der Waals surface area contributed by atoms with Gasteiger partial charge in [-0.15, -0.1) is 0 Å². The Labute approximate surface area is 156 Å². The van der Waals surface area contributed by atoms with Gasteiger partial charge < -0.3 is 20.3 Å². The van der Waals surface area contributed by atoms with Gasteiger partial charge in [-0.25, -0.2) is 4.99 Å². The van der Waals surface area contributed by atoms with Gasteiger partial charge in [0.2, 0.25) is 5.91 Å². The van der Waals surface area contributed by atoms with E-state index in [0.717, 1.165) is 56.3 Å². The molecule has 1 aliphatic carbocycles. The van der Waals surface area contributed by atoms with Crippen molar-refractivity contribution >= 4 is 11.9 Å². The average molecular weight is 358 g/mol. The molecule has 3 rings (SSSR count). The third kappa shape index (κ3) is 5.64. The molecule has 1 aliphatic heterocycles. The number of likely N-dealkylation sites (tertiary alicyclic amines) is 1. The molecule has 2 N–H and O–H groups in total. The minimum Gasteiger partial charge on any atom is -0.493 e. The molecule has 1 heterocycles. The van der Waals surface area contributed by atoms with Crippen molar-refractivity contribution in [2.75, 3.05) is 32.8 Å². The number of aliphatic imine (C=N–C) groups is 1. The zero-order valence-electron chi connectivity index (χ0n) is 15.7. The number of ether oxygens (including phenoxy) is 1. The number of nitrogens with zero attached hydrogens (tertiary/aromatic N) is 2. The molecule has 0 unspecified atom stereocenters. The normalized spacial score (nSPS) is 17.3. The Balaban J connectivity index is 1.55. The highest BCUT2D eigenvalue weighted by atomic mass is 16.5. The van der Waals surface area contributed by atoms with E-state index in [2.05, 4.69) is 15.6 Å². The third-order valence-corrected chi connectivity index (χ3v) is 4.76. The van der Waals surface area contributed by atoms with Gasteiger partial charge in [0, 0.05) is 25.2 Å². The molecule has 1 aromatic rings. The van der Waals surface area contributed by atoms with Gasteiger partial charge in [-0.1, -0.05) is 18.2 Å². The van der Waals surface area contributed by atoms with Crippen LogP contribution in [0.15, 0.2) is 29.3 Å². The van der Waals surface area contributed by atoms with Crippen LogP contribution in [0.1, 0.15) is 38.2 Å². The predicted molar refractivity (Wildman–Crippen MR) is 103 cm³/mol. The fourth-order valence-electron chi connectivity index (χ4n) is 3.01. The molecule has 2 fully saturated rings. The summed E-state index contributed by atoms with van der Waals surface area (Å²) < 4.78 is 5.95. The van der Waals surface area contributed by atoms with Gasteiger partial charge in [0.05, 0.1) is 19.7 Å². The first-order valence-corrected chi connectivity index (χ1v) is 9.77. The Kier molecular flexibility index (Phi) is 6.75. The second kappa shape index (κ2) is 9.46. The van der Waals surface area contributed by atoms with Crippen molar-refractivity contribution < 1.29 is 9.53 Å². The lowest BCUT2D eigenvalue weighted by Crippen LogP contribution is -2.44. The van der Waals surface area contributed by atoms with Crippen LogP contribution in [0.4, 0.5) is 0 Å². The van der Waals surface area contributed by atoms with Gasteiger partial charge in [-0.2, -0.15) is 0 Å². The highest BCUT2D eigenvalue weighted by Crippen LogP contribution is 2.30. The third-order valence-electron chi connectivity index (χ3n) is 4.76. The van der Waals surface area contributed by atoms with Crippen LogP contribution in [0, 0.1) is 5.92 Å². The van der Waals surface area contributed by atoms with Crippen LogP contribution in [0.2, 0.25) is 0 Å². The first-order valence-electron chi connectivity index (χ1n) is 9.77. The molecule has 1 amide bonds. The number of benzene rings is 1. The number of nitrogens with one attached hydrogen (secondary N) is 2. The summed E-state index contributed by atoms with van der Waals surface area (Å²) in [6.07, 6.45) is 4.77. The van der Waals surface area contributed by atoms with Gasteiger partial charge in [0.1, 0.15) is 5.75 Å². The average Bonchev–Trinajstić information content (AvgIpc) is 3.33. The lowest BCUT2D eigenvalue weighted by molar-refractivity contribution is -0.128. The summed E-state index contributed by atoms with van der Waals surface area (Å²) in [6, 6.07) is 8.05. The molecule has 0 radical (unpaired) electrons. The molecule has 6 heteroatoms.